The summed E-state index contributed by atoms with van der Waals surface area (Å²) in [5.41, 5.74) is -2.84. The SMILES string of the molecule is N#CC1(C#N)[C@@H](c2ccccc2Cl)[NH2+][C@H](c2ccccc2Cl)C1(C#N)C#N. The Balaban J connectivity index is 2.34. The molecule has 1 aliphatic heterocycles. The van der Waals surface area contributed by atoms with E-state index in [2.05, 4.69) is 0 Å². The van der Waals surface area contributed by atoms with Crippen LogP contribution >= 0.6 is 23.2 Å². The van der Waals surface area contributed by atoms with Crippen molar-refractivity contribution in [3.63, 3.8) is 0 Å². The standard InChI is InChI=1S/C20H11Cl2N5/c21-15-7-3-1-5-13(15)17-19(9-23,10-24)20(11-25,12-26)18(27-17)14-6-2-4-8-16(14)22/h1-8,17-18,27H/p+1/t17-,18-/m1/s1. The molecule has 0 aliphatic carbocycles. The summed E-state index contributed by atoms with van der Waals surface area (Å²) >= 11 is 12.6. The average Bonchev–Trinajstić information content (AvgIpc) is 2.99. The van der Waals surface area contributed by atoms with Gasteiger partial charge in [0.1, 0.15) is 12.1 Å². The fourth-order valence-corrected chi connectivity index (χ4v) is 4.29. The molecule has 1 fully saturated rings. The minimum atomic E-state index is -1.94. The third-order valence-electron chi connectivity index (χ3n) is 5.13. The van der Waals surface area contributed by atoms with Crippen LogP contribution in [0.15, 0.2) is 48.5 Å². The first kappa shape index (κ1) is 18.7. The Morgan fingerprint density at radius 1 is 0.667 bits per heavy atom. The third-order valence-corrected chi connectivity index (χ3v) is 5.81. The van der Waals surface area contributed by atoms with Gasteiger partial charge in [0, 0.05) is 21.2 Å². The maximum absolute atomic E-state index is 10.0. The molecule has 130 valence electrons. The molecule has 1 saturated heterocycles. The Morgan fingerprint density at radius 2 is 1.00 bits per heavy atom. The highest BCUT2D eigenvalue weighted by atomic mass is 35.5. The van der Waals surface area contributed by atoms with Crippen LogP contribution in [-0.4, -0.2) is 0 Å². The van der Waals surface area contributed by atoms with Crippen molar-refractivity contribution < 1.29 is 5.32 Å². The number of hydrogen-bond donors (Lipinski definition) is 1. The molecule has 2 aromatic carbocycles. The number of benzene rings is 2. The highest BCUT2D eigenvalue weighted by molar-refractivity contribution is 6.31. The Bertz CT molecular complexity index is 954. The third kappa shape index (κ3) is 2.46. The minimum absolute atomic E-state index is 0.359. The molecule has 1 heterocycles. The molecule has 0 radical (unpaired) electrons. The van der Waals surface area contributed by atoms with Crippen molar-refractivity contribution in [2.45, 2.75) is 12.1 Å². The summed E-state index contributed by atoms with van der Waals surface area (Å²) in [6, 6.07) is 19.9. The lowest BCUT2D eigenvalue weighted by Gasteiger charge is -2.26. The van der Waals surface area contributed by atoms with Crippen molar-refractivity contribution >= 4 is 23.2 Å². The number of quaternary nitrogens is 1. The Labute approximate surface area is 166 Å². The second-order valence-electron chi connectivity index (χ2n) is 6.25. The molecule has 0 amide bonds. The van der Waals surface area contributed by atoms with Crippen LogP contribution in [0, 0.1) is 56.2 Å². The molecule has 3 rings (SSSR count). The zero-order valence-corrected chi connectivity index (χ0v) is 15.4. The van der Waals surface area contributed by atoms with E-state index >= 15 is 0 Å². The van der Waals surface area contributed by atoms with Crippen LogP contribution in [-0.2, 0) is 0 Å². The molecule has 27 heavy (non-hydrogen) atoms. The zero-order chi connectivity index (χ0) is 19.7. The summed E-state index contributed by atoms with van der Waals surface area (Å²) in [4.78, 5) is 0. The molecule has 5 nitrogen and oxygen atoms in total. The average molecular weight is 393 g/mol. The fourth-order valence-electron chi connectivity index (χ4n) is 3.78. The largest absolute Gasteiger partial charge is 0.329 e. The van der Waals surface area contributed by atoms with Crippen LogP contribution in [0.3, 0.4) is 0 Å². The number of rotatable bonds is 2. The van der Waals surface area contributed by atoms with Crippen molar-refractivity contribution in [3.05, 3.63) is 69.7 Å². The Kier molecular flexibility index (Phi) is 4.80. The predicted molar refractivity (Wildman–Crippen MR) is 97.6 cm³/mol. The van der Waals surface area contributed by atoms with Gasteiger partial charge in [-0.1, -0.05) is 59.6 Å². The van der Waals surface area contributed by atoms with Crippen LogP contribution in [0.1, 0.15) is 23.2 Å². The quantitative estimate of drug-likeness (QED) is 0.842. The molecule has 2 atom stereocenters. The summed E-state index contributed by atoms with van der Waals surface area (Å²) in [5.74, 6) is 0. The van der Waals surface area contributed by atoms with E-state index < -0.39 is 22.9 Å². The normalized spacial score (nSPS) is 22.0. The molecule has 0 unspecified atom stereocenters. The molecule has 7 heteroatoms. The first-order valence-corrected chi connectivity index (χ1v) is 8.75. The van der Waals surface area contributed by atoms with E-state index in [1.165, 1.54) is 0 Å². The van der Waals surface area contributed by atoms with Crippen molar-refractivity contribution in [2.75, 3.05) is 0 Å². The van der Waals surface area contributed by atoms with Gasteiger partial charge in [0.2, 0.25) is 10.8 Å². The van der Waals surface area contributed by atoms with E-state index in [-0.39, 0.29) is 0 Å². The Morgan fingerprint density at radius 3 is 1.30 bits per heavy atom. The number of nitrogens with zero attached hydrogens (tertiary/aromatic N) is 4. The van der Waals surface area contributed by atoms with Gasteiger partial charge in [-0.15, -0.1) is 0 Å². The number of hydrogen-bond acceptors (Lipinski definition) is 4. The molecule has 2 aromatic rings. The molecule has 2 N–H and O–H groups in total. The maximum atomic E-state index is 10.0. The molecule has 0 spiro atoms. The van der Waals surface area contributed by atoms with E-state index in [1.807, 2.05) is 24.3 Å². The van der Waals surface area contributed by atoms with Gasteiger partial charge >= 0.3 is 0 Å². The van der Waals surface area contributed by atoms with Crippen LogP contribution < -0.4 is 5.32 Å². The van der Waals surface area contributed by atoms with Crippen molar-refractivity contribution in [3.8, 4) is 24.3 Å². The Hall–Kier alpha value is -3.06. The summed E-state index contributed by atoms with van der Waals surface area (Å²) in [6.45, 7) is 0. The van der Waals surface area contributed by atoms with Crippen LogP contribution in [0.4, 0.5) is 0 Å². The molecule has 0 bridgehead atoms. The van der Waals surface area contributed by atoms with Gasteiger partial charge in [0.15, 0.2) is 0 Å². The number of halogens is 2. The monoisotopic (exact) mass is 392 g/mol. The van der Waals surface area contributed by atoms with Crippen LogP contribution in [0.2, 0.25) is 10.0 Å². The molecule has 1 aliphatic rings. The molecule has 0 aromatic heterocycles. The first-order chi connectivity index (χ1) is 13.0. The topological polar surface area (TPSA) is 112 Å². The highest BCUT2D eigenvalue weighted by Gasteiger charge is 2.73. The van der Waals surface area contributed by atoms with Gasteiger partial charge in [0.25, 0.3) is 0 Å². The molecule has 0 saturated carbocycles. The zero-order valence-electron chi connectivity index (χ0n) is 13.9. The van der Waals surface area contributed by atoms with E-state index in [4.69, 9.17) is 23.2 Å². The smallest absolute Gasteiger partial charge is 0.236 e. The van der Waals surface area contributed by atoms with Crippen molar-refractivity contribution in [2.24, 2.45) is 10.8 Å². The lowest BCUT2D eigenvalue weighted by atomic mass is 9.61. The lowest BCUT2D eigenvalue weighted by molar-refractivity contribution is -0.720. The van der Waals surface area contributed by atoms with E-state index in [0.29, 0.717) is 21.2 Å². The van der Waals surface area contributed by atoms with Crippen LogP contribution in [0.25, 0.3) is 0 Å². The number of nitrogens with two attached hydrogens (primary N) is 1. The summed E-state index contributed by atoms with van der Waals surface area (Å²) in [7, 11) is 0. The van der Waals surface area contributed by atoms with E-state index in [1.54, 1.807) is 53.8 Å². The van der Waals surface area contributed by atoms with Crippen LogP contribution in [0.5, 0.6) is 0 Å². The molecular weight excluding hydrogens is 381 g/mol. The summed E-state index contributed by atoms with van der Waals surface area (Å²) < 4.78 is 0. The predicted octanol–water partition coefficient (Wildman–Crippen LogP) is 3.42. The number of nitriles is 4. The fraction of sp³-hybridized carbons (Fsp3) is 0.200. The summed E-state index contributed by atoms with van der Waals surface area (Å²) in [6.07, 6.45) is 0. The van der Waals surface area contributed by atoms with Gasteiger partial charge in [-0.25, -0.2) is 0 Å². The second kappa shape index (κ2) is 6.92. The summed E-state index contributed by atoms with van der Waals surface area (Å²) in [5, 5.41) is 42.4. The van der Waals surface area contributed by atoms with E-state index in [0.717, 1.165) is 0 Å². The first-order valence-electron chi connectivity index (χ1n) is 8.00. The van der Waals surface area contributed by atoms with Gasteiger partial charge in [-0.3, -0.25) is 0 Å². The van der Waals surface area contributed by atoms with Gasteiger partial charge < -0.3 is 5.32 Å². The van der Waals surface area contributed by atoms with Crippen molar-refractivity contribution in [1.82, 2.24) is 0 Å². The highest BCUT2D eigenvalue weighted by Crippen LogP contribution is 2.57. The van der Waals surface area contributed by atoms with E-state index in [9.17, 15) is 21.0 Å². The van der Waals surface area contributed by atoms with Gasteiger partial charge in [0.05, 0.1) is 24.3 Å². The lowest BCUT2D eigenvalue weighted by Crippen LogP contribution is -2.84. The van der Waals surface area contributed by atoms with Crippen molar-refractivity contribution in [1.29, 1.82) is 21.0 Å². The minimum Gasteiger partial charge on any atom is -0.329 e. The maximum Gasteiger partial charge on any atom is 0.236 e. The second-order valence-corrected chi connectivity index (χ2v) is 7.07. The van der Waals surface area contributed by atoms with Gasteiger partial charge in [-0.05, 0) is 12.1 Å². The molecular formula is C20H12Cl2N5+. The van der Waals surface area contributed by atoms with Gasteiger partial charge in [-0.2, -0.15) is 21.0 Å².